The molecule has 0 amide bonds. The third-order valence-electron chi connectivity index (χ3n) is 2.89. The van der Waals surface area contributed by atoms with Crippen LogP contribution >= 0.6 is 0 Å². The first-order valence-corrected chi connectivity index (χ1v) is 7.79. The van der Waals surface area contributed by atoms with E-state index in [1.165, 1.54) is 6.42 Å². The Balaban J connectivity index is 3.64. The Morgan fingerprint density at radius 1 is 0.947 bits per heavy atom. The van der Waals surface area contributed by atoms with Crippen LogP contribution in [0.1, 0.15) is 34.1 Å². The minimum Gasteiger partial charge on any atom is -0.380 e. The molecule has 4 nitrogen and oxygen atoms in total. The van der Waals surface area contributed by atoms with E-state index in [2.05, 4.69) is 24.1 Å². The maximum atomic E-state index is 5.43. The molecule has 116 valence electrons. The van der Waals surface area contributed by atoms with Crippen molar-refractivity contribution in [3.63, 3.8) is 0 Å². The van der Waals surface area contributed by atoms with Gasteiger partial charge in [0.15, 0.2) is 0 Å². The van der Waals surface area contributed by atoms with Crippen LogP contribution in [0, 0.1) is 5.92 Å². The molecule has 19 heavy (non-hydrogen) atoms. The van der Waals surface area contributed by atoms with Crippen LogP contribution in [0.25, 0.3) is 0 Å². The van der Waals surface area contributed by atoms with Gasteiger partial charge in [0.25, 0.3) is 0 Å². The van der Waals surface area contributed by atoms with Crippen LogP contribution in [0.15, 0.2) is 0 Å². The van der Waals surface area contributed by atoms with Gasteiger partial charge in [0.05, 0.1) is 13.2 Å². The van der Waals surface area contributed by atoms with Gasteiger partial charge in [-0.3, -0.25) is 4.90 Å². The van der Waals surface area contributed by atoms with E-state index < -0.39 is 0 Å². The van der Waals surface area contributed by atoms with Crippen molar-refractivity contribution >= 4 is 0 Å². The number of hydrogen-bond donors (Lipinski definition) is 1. The number of rotatable bonds is 14. The highest BCUT2D eigenvalue weighted by Gasteiger charge is 2.04. The average Bonchev–Trinajstić information content (AvgIpc) is 2.38. The van der Waals surface area contributed by atoms with E-state index in [-0.39, 0.29) is 0 Å². The summed E-state index contributed by atoms with van der Waals surface area (Å²) < 4.78 is 10.9. The highest BCUT2D eigenvalue weighted by Crippen LogP contribution is 1.94. The SMILES string of the molecule is CCOCCN(CCCNCC(C)C)CCOCC. The van der Waals surface area contributed by atoms with Crippen LogP contribution in [0.2, 0.25) is 0 Å². The first-order chi connectivity index (χ1) is 9.20. The van der Waals surface area contributed by atoms with Crippen molar-refractivity contribution in [1.29, 1.82) is 0 Å². The Morgan fingerprint density at radius 2 is 1.53 bits per heavy atom. The number of nitrogens with one attached hydrogen (secondary N) is 1. The Morgan fingerprint density at radius 3 is 2.00 bits per heavy atom. The highest BCUT2D eigenvalue weighted by atomic mass is 16.5. The van der Waals surface area contributed by atoms with E-state index in [1.54, 1.807) is 0 Å². The van der Waals surface area contributed by atoms with Crippen LogP contribution in [-0.4, -0.2) is 64.1 Å². The van der Waals surface area contributed by atoms with Crippen molar-refractivity contribution < 1.29 is 9.47 Å². The Labute approximate surface area is 119 Å². The normalized spacial score (nSPS) is 11.7. The van der Waals surface area contributed by atoms with Gasteiger partial charge < -0.3 is 14.8 Å². The zero-order valence-electron chi connectivity index (χ0n) is 13.4. The molecule has 0 unspecified atom stereocenters. The molecule has 0 aromatic rings. The molecule has 0 spiro atoms. The Hall–Kier alpha value is -0.160. The lowest BCUT2D eigenvalue weighted by Crippen LogP contribution is -2.34. The molecule has 0 atom stereocenters. The minimum absolute atomic E-state index is 0.729. The van der Waals surface area contributed by atoms with Gasteiger partial charge in [0, 0.05) is 26.3 Å². The fourth-order valence-electron chi connectivity index (χ4n) is 1.83. The van der Waals surface area contributed by atoms with Gasteiger partial charge in [0.2, 0.25) is 0 Å². The van der Waals surface area contributed by atoms with Crippen molar-refractivity contribution in [2.75, 3.05) is 59.2 Å². The van der Waals surface area contributed by atoms with Crippen molar-refractivity contribution in [2.24, 2.45) is 5.92 Å². The Bertz CT molecular complexity index is 168. The zero-order chi connectivity index (χ0) is 14.3. The Kier molecular flexibility index (Phi) is 14.1. The predicted molar refractivity (Wildman–Crippen MR) is 81.8 cm³/mol. The van der Waals surface area contributed by atoms with E-state index in [0.29, 0.717) is 0 Å². The smallest absolute Gasteiger partial charge is 0.0593 e. The first kappa shape index (κ1) is 18.8. The van der Waals surface area contributed by atoms with Crippen molar-refractivity contribution in [1.82, 2.24) is 10.2 Å². The third kappa shape index (κ3) is 14.1. The molecule has 0 heterocycles. The second-order valence-corrected chi connectivity index (χ2v) is 5.19. The summed E-state index contributed by atoms with van der Waals surface area (Å²) in [5, 5.41) is 3.49. The largest absolute Gasteiger partial charge is 0.380 e. The van der Waals surface area contributed by atoms with Gasteiger partial charge in [-0.1, -0.05) is 13.8 Å². The average molecular weight is 274 g/mol. The molecule has 0 saturated carbocycles. The molecule has 4 heteroatoms. The van der Waals surface area contributed by atoms with Gasteiger partial charge in [-0.2, -0.15) is 0 Å². The molecule has 0 aromatic heterocycles. The van der Waals surface area contributed by atoms with Crippen LogP contribution in [-0.2, 0) is 9.47 Å². The zero-order valence-corrected chi connectivity index (χ0v) is 13.4. The standard InChI is InChI=1S/C15H34N2O2/c1-5-18-12-10-17(11-13-19-6-2)9-7-8-16-14-15(3)4/h15-16H,5-14H2,1-4H3. The molecular formula is C15H34N2O2. The molecule has 0 aliphatic heterocycles. The number of nitrogens with zero attached hydrogens (tertiary/aromatic N) is 1. The second kappa shape index (κ2) is 14.3. The third-order valence-corrected chi connectivity index (χ3v) is 2.89. The molecule has 1 N–H and O–H groups in total. The lowest BCUT2D eigenvalue weighted by Gasteiger charge is -2.22. The number of hydrogen-bond acceptors (Lipinski definition) is 4. The van der Waals surface area contributed by atoms with Crippen LogP contribution < -0.4 is 5.32 Å². The maximum Gasteiger partial charge on any atom is 0.0593 e. The fraction of sp³-hybridized carbons (Fsp3) is 1.00. The van der Waals surface area contributed by atoms with E-state index in [4.69, 9.17) is 9.47 Å². The molecule has 0 aliphatic rings. The van der Waals surface area contributed by atoms with Gasteiger partial charge >= 0.3 is 0 Å². The molecule has 0 aromatic carbocycles. The molecule has 0 saturated heterocycles. The van der Waals surface area contributed by atoms with Crippen molar-refractivity contribution in [3.8, 4) is 0 Å². The summed E-state index contributed by atoms with van der Waals surface area (Å²) in [5.74, 6) is 0.729. The first-order valence-electron chi connectivity index (χ1n) is 7.79. The number of ether oxygens (including phenoxy) is 2. The van der Waals surface area contributed by atoms with E-state index in [9.17, 15) is 0 Å². The van der Waals surface area contributed by atoms with Crippen molar-refractivity contribution in [3.05, 3.63) is 0 Å². The molecule has 0 radical (unpaired) electrons. The molecule has 0 rings (SSSR count). The lowest BCUT2D eigenvalue weighted by molar-refractivity contribution is 0.0823. The van der Waals surface area contributed by atoms with Crippen molar-refractivity contribution in [2.45, 2.75) is 34.1 Å². The summed E-state index contributed by atoms with van der Waals surface area (Å²) in [6.45, 7) is 17.1. The summed E-state index contributed by atoms with van der Waals surface area (Å²) in [7, 11) is 0. The summed E-state index contributed by atoms with van der Waals surface area (Å²) >= 11 is 0. The van der Waals surface area contributed by atoms with Crippen LogP contribution in [0.4, 0.5) is 0 Å². The summed E-state index contributed by atoms with van der Waals surface area (Å²) in [6, 6.07) is 0. The monoisotopic (exact) mass is 274 g/mol. The maximum absolute atomic E-state index is 5.43. The van der Waals surface area contributed by atoms with Crippen LogP contribution in [0.3, 0.4) is 0 Å². The van der Waals surface area contributed by atoms with Gasteiger partial charge in [-0.25, -0.2) is 0 Å². The fourth-order valence-corrected chi connectivity index (χ4v) is 1.83. The van der Waals surface area contributed by atoms with E-state index in [0.717, 1.165) is 65.1 Å². The summed E-state index contributed by atoms with van der Waals surface area (Å²) in [5.41, 5.74) is 0. The highest BCUT2D eigenvalue weighted by molar-refractivity contribution is 4.60. The summed E-state index contributed by atoms with van der Waals surface area (Å²) in [4.78, 5) is 2.43. The summed E-state index contributed by atoms with van der Waals surface area (Å²) in [6.07, 6.45) is 1.19. The minimum atomic E-state index is 0.729. The molecule has 0 fully saturated rings. The predicted octanol–water partition coefficient (Wildman–Crippen LogP) is 2.00. The molecule has 0 bridgehead atoms. The van der Waals surface area contributed by atoms with Gasteiger partial charge in [-0.15, -0.1) is 0 Å². The quantitative estimate of drug-likeness (QED) is 0.491. The molecular weight excluding hydrogens is 240 g/mol. The lowest BCUT2D eigenvalue weighted by atomic mass is 10.2. The van der Waals surface area contributed by atoms with Gasteiger partial charge in [-0.05, 0) is 45.8 Å². The van der Waals surface area contributed by atoms with E-state index in [1.807, 2.05) is 13.8 Å². The van der Waals surface area contributed by atoms with E-state index >= 15 is 0 Å². The topological polar surface area (TPSA) is 33.7 Å². The molecule has 0 aliphatic carbocycles. The van der Waals surface area contributed by atoms with Crippen LogP contribution in [0.5, 0.6) is 0 Å². The van der Waals surface area contributed by atoms with Gasteiger partial charge in [0.1, 0.15) is 0 Å². The second-order valence-electron chi connectivity index (χ2n) is 5.19.